The SMILES string of the molecule is CCOc1cccc(N(C)CC(=O)N(CC)CC)c1N. The summed E-state index contributed by atoms with van der Waals surface area (Å²) >= 11 is 0. The Kier molecular flexibility index (Phi) is 6.15. The maximum Gasteiger partial charge on any atom is 0.242 e. The predicted octanol–water partition coefficient (Wildman–Crippen LogP) is 1.97. The summed E-state index contributed by atoms with van der Waals surface area (Å²) < 4.78 is 5.48. The zero-order valence-electron chi connectivity index (χ0n) is 12.8. The Labute approximate surface area is 121 Å². The van der Waals surface area contributed by atoms with Gasteiger partial charge >= 0.3 is 0 Å². The smallest absolute Gasteiger partial charge is 0.242 e. The van der Waals surface area contributed by atoms with Crippen molar-refractivity contribution in [3.05, 3.63) is 18.2 Å². The van der Waals surface area contributed by atoms with Gasteiger partial charge in [-0.3, -0.25) is 4.79 Å². The van der Waals surface area contributed by atoms with E-state index in [4.69, 9.17) is 10.5 Å². The Balaban J connectivity index is 2.84. The van der Waals surface area contributed by atoms with Gasteiger partial charge in [0, 0.05) is 20.1 Å². The van der Waals surface area contributed by atoms with Crippen molar-refractivity contribution in [1.29, 1.82) is 0 Å². The standard InChI is InChI=1S/C15H25N3O2/c1-5-18(6-2)14(19)11-17(4)12-9-8-10-13(15(12)16)20-7-3/h8-10H,5-7,11,16H2,1-4H3. The summed E-state index contributed by atoms with van der Waals surface area (Å²) in [5.41, 5.74) is 7.49. The normalized spacial score (nSPS) is 10.2. The Morgan fingerprint density at radius 3 is 2.45 bits per heavy atom. The number of ether oxygens (including phenoxy) is 1. The van der Waals surface area contributed by atoms with Crippen LogP contribution in [0.15, 0.2) is 18.2 Å². The maximum absolute atomic E-state index is 12.1. The van der Waals surface area contributed by atoms with E-state index in [2.05, 4.69) is 0 Å². The maximum atomic E-state index is 12.1. The van der Waals surface area contributed by atoms with Crippen LogP contribution in [-0.4, -0.2) is 44.1 Å². The molecular weight excluding hydrogens is 254 g/mol. The zero-order chi connectivity index (χ0) is 15.1. The minimum Gasteiger partial charge on any atom is -0.492 e. The number of hydrogen-bond acceptors (Lipinski definition) is 4. The van der Waals surface area contributed by atoms with Crippen LogP contribution in [0.2, 0.25) is 0 Å². The van der Waals surface area contributed by atoms with Crippen LogP contribution >= 0.6 is 0 Å². The number of carbonyl (C=O) groups excluding carboxylic acids is 1. The molecule has 1 aromatic rings. The first kappa shape index (κ1) is 16.1. The number of hydrogen-bond donors (Lipinski definition) is 1. The first-order valence-electron chi connectivity index (χ1n) is 7.05. The van der Waals surface area contributed by atoms with Crippen molar-refractivity contribution < 1.29 is 9.53 Å². The fraction of sp³-hybridized carbons (Fsp3) is 0.533. The first-order valence-corrected chi connectivity index (χ1v) is 7.05. The quantitative estimate of drug-likeness (QED) is 0.775. The molecule has 0 atom stereocenters. The van der Waals surface area contributed by atoms with E-state index in [1.54, 1.807) is 4.90 Å². The first-order chi connectivity index (χ1) is 9.54. The highest BCUT2D eigenvalue weighted by atomic mass is 16.5. The highest BCUT2D eigenvalue weighted by molar-refractivity contribution is 5.84. The van der Waals surface area contributed by atoms with Crippen LogP contribution in [-0.2, 0) is 4.79 Å². The molecule has 0 aliphatic carbocycles. The second kappa shape index (κ2) is 7.62. The van der Waals surface area contributed by atoms with Gasteiger partial charge in [-0.25, -0.2) is 0 Å². The Bertz CT molecular complexity index is 445. The molecule has 0 heterocycles. The lowest BCUT2D eigenvalue weighted by molar-refractivity contribution is -0.129. The molecule has 112 valence electrons. The lowest BCUT2D eigenvalue weighted by Gasteiger charge is -2.25. The molecule has 1 aromatic carbocycles. The highest BCUT2D eigenvalue weighted by Gasteiger charge is 2.15. The number of para-hydroxylation sites is 1. The summed E-state index contributed by atoms with van der Waals surface area (Å²) in [6, 6.07) is 5.62. The molecule has 0 radical (unpaired) electrons. The molecule has 2 N–H and O–H groups in total. The van der Waals surface area contributed by atoms with Gasteiger partial charge in [0.05, 0.1) is 24.5 Å². The van der Waals surface area contributed by atoms with E-state index in [9.17, 15) is 4.79 Å². The lowest BCUT2D eigenvalue weighted by atomic mass is 10.2. The third-order valence-corrected chi connectivity index (χ3v) is 3.24. The molecular formula is C15H25N3O2. The number of anilines is 2. The van der Waals surface area contributed by atoms with E-state index < -0.39 is 0 Å². The number of carbonyl (C=O) groups is 1. The van der Waals surface area contributed by atoms with Crippen LogP contribution in [0, 0.1) is 0 Å². The second-order valence-electron chi connectivity index (χ2n) is 4.54. The number of nitrogen functional groups attached to an aromatic ring is 1. The number of amides is 1. The van der Waals surface area contributed by atoms with E-state index in [-0.39, 0.29) is 5.91 Å². The summed E-state index contributed by atoms with van der Waals surface area (Å²) in [5.74, 6) is 0.755. The van der Waals surface area contributed by atoms with Gasteiger partial charge in [-0.05, 0) is 32.9 Å². The molecule has 5 nitrogen and oxygen atoms in total. The van der Waals surface area contributed by atoms with Crippen LogP contribution in [0.25, 0.3) is 0 Å². The molecule has 0 aromatic heterocycles. The molecule has 0 bridgehead atoms. The van der Waals surface area contributed by atoms with Gasteiger partial charge in [-0.15, -0.1) is 0 Å². The molecule has 0 saturated heterocycles. The lowest BCUT2D eigenvalue weighted by Crippen LogP contribution is -2.39. The highest BCUT2D eigenvalue weighted by Crippen LogP contribution is 2.31. The summed E-state index contributed by atoms with van der Waals surface area (Å²) in [5, 5.41) is 0. The minimum absolute atomic E-state index is 0.0960. The fourth-order valence-electron chi connectivity index (χ4n) is 2.11. The second-order valence-corrected chi connectivity index (χ2v) is 4.54. The Morgan fingerprint density at radius 1 is 1.25 bits per heavy atom. The number of likely N-dealkylation sites (N-methyl/N-ethyl adjacent to an activating group) is 2. The number of rotatable bonds is 7. The van der Waals surface area contributed by atoms with E-state index in [0.717, 1.165) is 18.8 Å². The van der Waals surface area contributed by atoms with Crippen LogP contribution in [0.3, 0.4) is 0 Å². The van der Waals surface area contributed by atoms with Crippen molar-refractivity contribution in [2.24, 2.45) is 0 Å². The van der Waals surface area contributed by atoms with Gasteiger partial charge in [0.15, 0.2) is 0 Å². The van der Waals surface area contributed by atoms with Gasteiger partial charge in [0.1, 0.15) is 5.75 Å². The molecule has 0 fully saturated rings. The van der Waals surface area contributed by atoms with Crippen LogP contribution in [0.5, 0.6) is 5.75 Å². The van der Waals surface area contributed by atoms with Crippen LogP contribution < -0.4 is 15.4 Å². The fourth-order valence-corrected chi connectivity index (χ4v) is 2.11. The monoisotopic (exact) mass is 279 g/mol. The number of benzene rings is 1. The summed E-state index contributed by atoms with van der Waals surface area (Å²) in [6.45, 7) is 8.18. The van der Waals surface area contributed by atoms with Crippen LogP contribution in [0.4, 0.5) is 11.4 Å². The van der Waals surface area contributed by atoms with E-state index in [0.29, 0.717) is 24.6 Å². The van der Waals surface area contributed by atoms with E-state index >= 15 is 0 Å². The summed E-state index contributed by atoms with van der Waals surface area (Å²) in [7, 11) is 1.86. The molecule has 0 aliphatic rings. The predicted molar refractivity (Wildman–Crippen MR) is 83.2 cm³/mol. The molecule has 1 rings (SSSR count). The summed E-state index contributed by atoms with van der Waals surface area (Å²) in [4.78, 5) is 15.8. The molecule has 0 aliphatic heterocycles. The van der Waals surface area contributed by atoms with E-state index in [1.165, 1.54) is 0 Å². The molecule has 5 heteroatoms. The molecule has 1 amide bonds. The van der Waals surface area contributed by atoms with Gasteiger partial charge in [-0.1, -0.05) is 6.07 Å². The van der Waals surface area contributed by atoms with Crippen molar-refractivity contribution in [2.45, 2.75) is 20.8 Å². The molecule has 0 unspecified atom stereocenters. The van der Waals surface area contributed by atoms with Crippen molar-refractivity contribution in [3.63, 3.8) is 0 Å². The number of nitrogens with zero attached hydrogens (tertiary/aromatic N) is 2. The topological polar surface area (TPSA) is 58.8 Å². The van der Waals surface area contributed by atoms with Gasteiger partial charge in [0.2, 0.25) is 5.91 Å². The third kappa shape index (κ3) is 3.79. The summed E-state index contributed by atoms with van der Waals surface area (Å²) in [6.07, 6.45) is 0. The van der Waals surface area contributed by atoms with Gasteiger partial charge in [0.25, 0.3) is 0 Å². The Morgan fingerprint density at radius 2 is 1.90 bits per heavy atom. The zero-order valence-corrected chi connectivity index (χ0v) is 12.8. The molecule has 20 heavy (non-hydrogen) atoms. The largest absolute Gasteiger partial charge is 0.492 e. The van der Waals surface area contributed by atoms with E-state index in [1.807, 2.05) is 50.9 Å². The van der Waals surface area contributed by atoms with Crippen molar-refractivity contribution in [2.75, 3.05) is 43.9 Å². The van der Waals surface area contributed by atoms with Crippen molar-refractivity contribution in [1.82, 2.24) is 4.90 Å². The Hall–Kier alpha value is -1.91. The molecule has 0 spiro atoms. The third-order valence-electron chi connectivity index (χ3n) is 3.24. The van der Waals surface area contributed by atoms with Gasteiger partial charge in [-0.2, -0.15) is 0 Å². The molecule has 0 saturated carbocycles. The van der Waals surface area contributed by atoms with Gasteiger partial charge < -0.3 is 20.3 Å². The van der Waals surface area contributed by atoms with Crippen molar-refractivity contribution in [3.8, 4) is 5.75 Å². The average molecular weight is 279 g/mol. The van der Waals surface area contributed by atoms with Crippen LogP contribution in [0.1, 0.15) is 20.8 Å². The van der Waals surface area contributed by atoms with Crippen molar-refractivity contribution >= 4 is 17.3 Å². The minimum atomic E-state index is 0.0960. The number of nitrogens with two attached hydrogens (primary N) is 1. The average Bonchev–Trinajstić information content (AvgIpc) is 2.42.